The summed E-state index contributed by atoms with van der Waals surface area (Å²) in [6.07, 6.45) is 2.95. The molecule has 0 saturated carbocycles. The number of amidine groups is 1. The van der Waals surface area contributed by atoms with E-state index in [9.17, 15) is 9.50 Å². The van der Waals surface area contributed by atoms with Crippen LogP contribution in [0.15, 0.2) is 23.2 Å². The number of anilines is 1. The monoisotopic (exact) mass is 277 g/mol. The predicted molar refractivity (Wildman–Crippen MR) is 77.9 cm³/mol. The normalized spacial score (nSPS) is 22.6. The zero-order chi connectivity index (χ0) is 13.9. The Morgan fingerprint density at radius 1 is 1.40 bits per heavy atom. The molecule has 2 aliphatic heterocycles. The quantitative estimate of drug-likeness (QED) is 0.881. The van der Waals surface area contributed by atoms with Crippen LogP contribution in [0.3, 0.4) is 0 Å². The Morgan fingerprint density at radius 3 is 3.00 bits per heavy atom. The number of aliphatic imine (C=N–C) groups is 1. The fraction of sp³-hybridized carbons (Fsp3) is 0.533. The van der Waals surface area contributed by atoms with Crippen LogP contribution < -0.4 is 10.2 Å². The molecule has 0 radical (unpaired) electrons. The molecule has 0 aliphatic carbocycles. The molecule has 0 bridgehead atoms. The molecule has 1 aromatic carbocycles. The minimum Gasteiger partial charge on any atom is -0.394 e. The molecular weight excluding hydrogens is 257 g/mol. The third-order valence-corrected chi connectivity index (χ3v) is 4.02. The Balaban J connectivity index is 1.85. The number of halogens is 1. The summed E-state index contributed by atoms with van der Waals surface area (Å²) in [6.45, 7) is 2.57. The van der Waals surface area contributed by atoms with Crippen molar-refractivity contribution in [2.45, 2.75) is 25.3 Å². The minimum atomic E-state index is -0.238. The van der Waals surface area contributed by atoms with E-state index in [0.717, 1.165) is 50.3 Å². The van der Waals surface area contributed by atoms with E-state index in [4.69, 9.17) is 0 Å². The highest BCUT2D eigenvalue weighted by Gasteiger charge is 2.26. The summed E-state index contributed by atoms with van der Waals surface area (Å²) in [5.74, 6) is 0.541. The van der Waals surface area contributed by atoms with Gasteiger partial charge in [-0.1, -0.05) is 0 Å². The molecule has 1 atom stereocenters. The number of benzene rings is 1. The molecule has 4 nitrogen and oxygen atoms in total. The van der Waals surface area contributed by atoms with Crippen molar-refractivity contribution in [3.8, 4) is 0 Å². The fourth-order valence-electron chi connectivity index (χ4n) is 2.96. The standard InChI is InChI=1S/C15H20FN3O/c16-13-9-11(15-17-6-2-7-18-15)4-5-14(13)19-8-1-3-12(19)10-20/h4-5,9,12,20H,1-3,6-8,10H2,(H,17,18). The summed E-state index contributed by atoms with van der Waals surface area (Å²) >= 11 is 0. The van der Waals surface area contributed by atoms with Crippen molar-refractivity contribution in [1.82, 2.24) is 5.32 Å². The number of aliphatic hydroxyl groups excluding tert-OH is 1. The summed E-state index contributed by atoms with van der Waals surface area (Å²) in [7, 11) is 0. The van der Waals surface area contributed by atoms with Gasteiger partial charge in [0.05, 0.1) is 18.3 Å². The average molecular weight is 277 g/mol. The summed E-state index contributed by atoms with van der Waals surface area (Å²) < 4.78 is 14.4. The van der Waals surface area contributed by atoms with Gasteiger partial charge < -0.3 is 15.3 Å². The van der Waals surface area contributed by atoms with Gasteiger partial charge in [0.2, 0.25) is 0 Å². The van der Waals surface area contributed by atoms with Gasteiger partial charge in [-0.25, -0.2) is 4.39 Å². The van der Waals surface area contributed by atoms with Gasteiger partial charge >= 0.3 is 0 Å². The van der Waals surface area contributed by atoms with Crippen LogP contribution in [-0.4, -0.2) is 43.2 Å². The van der Waals surface area contributed by atoms with Crippen molar-refractivity contribution in [3.05, 3.63) is 29.6 Å². The zero-order valence-corrected chi connectivity index (χ0v) is 11.5. The third-order valence-electron chi connectivity index (χ3n) is 4.02. The van der Waals surface area contributed by atoms with Crippen molar-refractivity contribution < 1.29 is 9.50 Å². The van der Waals surface area contributed by atoms with E-state index in [1.807, 2.05) is 11.0 Å². The van der Waals surface area contributed by atoms with E-state index in [-0.39, 0.29) is 18.5 Å². The van der Waals surface area contributed by atoms with Gasteiger partial charge in [-0.2, -0.15) is 0 Å². The van der Waals surface area contributed by atoms with Crippen molar-refractivity contribution in [3.63, 3.8) is 0 Å². The summed E-state index contributed by atoms with van der Waals surface area (Å²) in [4.78, 5) is 6.35. The highest BCUT2D eigenvalue weighted by molar-refractivity contribution is 5.99. The van der Waals surface area contributed by atoms with Gasteiger partial charge in [-0.05, 0) is 37.5 Å². The first-order valence-corrected chi connectivity index (χ1v) is 7.25. The number of aliphatic hydroxyl groups is 1. The van der Waals surface area contributed by atoms with Gasteiger partial charge in [0.1, 0.15) is 11.7 Å². The lowest BCUT2D eigenvalue weighted by atomic mass is 10.1. The highest BCUT2D eigenvalue weighted by atomic mass is 19.1. The molecule has 3 rings (SSSR count). The van der Waals surface area contributed by atoms with Gasteiger partial charge in [-0.15, -0.1) is 0 Å². The average Bonchev–Trinajstić information content (AvgIpc) is 2.96. The molecule has 0 aromatic heterocycles. The number of hydrogen-bond donors (Lipinski definition) is 2. The predicted octanol–water partition coefficient (Wildman–Crippen LogP) is 1.53. The first-order valence-electron chi connectivity index (χ1n) is 7.25. The Labute approximate surface area is 118 Å². The molecular formula is C15H20FN3O. The van der Waals surface area contributed by atoms with E-state index in [1.54, 1.807) is 12.1 Å². The topological polar surface area (TPSA) is 47.9 Å². The molecule has 108 valence electrons. The van der Waals surface area contributed by atoms with Gasteiger partial charge in [0, 0.05) is 25.2 Å². The Morgan fingerprint density at radius 2 is 2.30 bits per heavy atom. The van der Waals surface area contributed by atoms with Crippen molar-refractivity contribution >= 4 is 11.5 Å². The van der Waals surface area contributed by atoms with E-state index in [0.29, 0.717) is 5.69 Å². The van der Waals surface area contributed by atoms with Crippen LogP contribution in [0.1, 0.15) is 24.8 Å². The maximum Gasteiger partial charge on any atom is 0.147 e. The smallest absolute Gasteiger partial charge is 0.147 e. The minimum absolute atomic E-state index is 0.0421. The Hall–Kier alpha value is -1.62. The Kier molecular flexibility index (Phi) is 3.87. The molecule has 20 heavy (non-hydrogen) atoms. The Bertz CT molecular complexity index is 518. The van der Waals surface area contributed by atoms with Gasteiger partial charge in [0.25, 0.3) is 0 Å². The first kappa shape index (κ1) is 13.4. The second kappa shape index (κ2) is 5.79. The molecule has 1 aromatic rings. The summed E-state index contributed by atoms with van der Waals surface area (Å²) in [5.41, 5.74) is 1.38. The summed E-state index contributed by atoms with van der Waals surface area (Å²) in [5, 5.41) is 12.6. The number of hydrogen-bond acceptors (Lipinski definition) is 4. The largest absolute Gasteiger partial charge is 0.394 e. The van der Waals surface area contributed by atoms with E-state index in [1.165, 1.54) is 0 Å². The second-order valence-electron chi connectivity index (χ2n) is 5.35. The molecule has 1 saturated heterocycles. The van der Waals surface area contributed by atoms with Gasteiger partial charge in [-0.3, -0.25) is 4.99 Å². The van der Waals surface area contributed by atoms with Crippen LogP contribution in [-0.2, 0) is 0 Å². The van der Waals surface area contributed by atoms with Crippen LogP contribution in [0.25, 0.3) is 0 Å². The van der Waals surface area contributed by atoms with Crippen LogP contribution in [0, 0.1) is 5.82 Å². The third kappa shape index (κ3) is 2.50. The van der Waals surface area contributed by atoms with E-state index >= 15 is 0 Å². The van der Waals surface area contributed by atoms with Crippen LogP contribution in [0.4, 0.5) is 10.1 Å². The van der Waals surface area contributed by atoms with Crippen LogP contribution >= 0.6 is 0 Å². The zero-order valence-electron chi connectivity index (χ0n) is 11.5. The SMILES string of the molecule is OCC1CCCN1c1ccc(C2=NCCCN2)cc1F. The molecule has 2 aliphatic rings. The first-order chi connectivity index (χ1) is 9.79. The molecule has 0 amide bonds. The van der Waals surface area contributed by atoms with Gasteiger partial charge in [0.15, 0.2) is 0 Å². The summed E-state index contributed by atoms with van der Waals surface area (Å²) in [6, 6.07) is 5.29. The fourth-order valence-corrected chi connectivity index (χ4v) is 2.96. The molecule has 0 spiro atoms. The van der Waals surface area contributed by atoms with E-state index < -0.39 is 0 Å². The van der Waals surface area contributed by atoms with Crippen molar-refractivity contribution in [2.75, 3.05) is 31.1 Å². The molecule has 2 heterocycles. The van der Waals surface area contributed by atoms with Crippen molar-refractivity contribution in [1.29, 1.82) is 0 Å². The molecule has 2 N–H and O–H groups in total. The lowest BCUT2D eigenvalue weighted by Gasteiger charge is -2.26. The lowest BCUT2D eigenvalue weighted by Crippen LogP contribution is -2.33. The van der Waals surface area contributed by atoms with E-state index in [2.05, 4.69) is 10.3 Å². The van der Waals surface area contributed by atoms with Crippen molar-refractivity contribution in [2.24, 2.45) is 4.99 Å². The molecule has 5 heteroatoms. The second-order valence-corrected chi connectivity index (χ2v) is 5.35. The van der Waals surface area contributed by atoms with Crippen LogP contribution in [0.2, 0.25) is 0 Å². The number of rotatable bonds is 3. The maximum atomic E-state index is 14.4. The molecule has 1 unspecified atom stereocenters. The highest BCUT2D eigenvalue weighted by Crippen LogP contribution is 2.28. The van der Waals surface area contributed by atoms with Crippen LogP contribution in [0.5, 0.6) is 0 Å². The molecule has 1 fully saturated rings. The number of nitrogens with one attached hydrogen (secondary N) is 1. The lowest BCUT2D eigenvalue weighted by molar-refractivity contribution is 0.266. The maximum absolute atomic E-state index is 14.4. The number of nitrogens with zero attached hydrogens (tertiary/aromatic N) is 2.